The number of rotatable bonds is 5. The van der Waals surface area contributed by atoms with Gasteiger partial charge in [-0.1, -0.05) is 30.3 Å². The monoisotopic (exact) mass is 311 g/mol. The first kappa shape index (κ1) is 15.3. The number of hydrogen-bond acceptors (Lipinski definition) is 4. The third kappa shape index (κ3) is 3.43. The highest BCUT2D eigenvalue weighted by molar-refractivity contribution is 5.31. The Kier molecular flexibility index (Phi) is 4.43. The highest BCUT2D eigenvalue weighted by Gasteiger charge is 2.18. The average Bonchev–Trinajstić information content (AvgIpc) is 3.05. The molecule has 5 nitrogen and oxygen atoms in total. The van der Waals surface area contributed by atoms with Gasteiger partial charge in [-0.05, 0) is 54.1 Å². The van der Waals surface area contributed by atoms with Crippen LogP contribution in [-0.2, 0) is 0 Å². The van der Waals surface area contributed by atoms with Gasteiger partial charge < -0.3 is 5.32 Å². The van der Waals surface area contributed by atoms with Crippen molar-refractivity contribution in [3.05, 3.63) is 71.8 Å². The van der Waals surface area contributed by atoms with Gasteiger partial charge in [0, 0.05) is 6.04 Å². The topological polar surface area (TPSA) is 55.6 Å². The first-order valence-corrected chi connectivity index (χ1v) is 7.50. The molecule has 1 heterocycles. The predicted molar refractivity (Wildman–Crippen MR) is 85.5 cm³/mol. The van der Waals surface area contributed by atoms with Gasteiger partial charge in [-0.25, -0.2) is 4.39 Å². The Labute approximate surface area is 134 Å². The van der Waals surface area contributed by atoms with Crippen LogP contribution in [0.25, 0.3) is 5.69 Å². The summed E-state index contributed by atoms with van der Waals surface area (Å²) in [6.45, 7) is 3.98. The van der Waals surface area contributed by atoms with Crippen LogP contribution in [0.3, 0.4) is 0 Å². The summed E-state index contributed by atoms with van der Waals surface area (Å²) in [6.07, 6.45) is 0. The van der Waals surface area contributed by atoms with Crippen molar-refractivity contribution in [3.63, 3.8) is 0 Å². The molecule has 0 amide bonds. The van der Waals surface area contributed by atoms with Crippen LogP contribution in [0, 0.1) is 5.82 Å². The van der Waals surface area contributed by atoms with Crippen LogP contribution in [0.15, 0.2) is 54.6 Å². The van der Waals surface area contributed by atoms with Gasteiger partial charge in [0.1, 0.15) is 5.82 Å². The molecule has 0 aliphatic heterocycles. The number of para-hydroxylation sites is 1. The van der Waals surface area contributed by atoms with Crippen molar-refractivity contribution in [1.29, 1.82) is 0 Å². The first-order valence-electron chi connectivity index (χ1n) is 7.50. The minimum Gasteiger partial charge on any atom is -0.301 e. The maximum atomic E-state index is 13.4. The lowest BCUT2D eigenvalue weighted by Crippen LogP contribution is -2.25. The van der Waals surface area contributed by atoms with E-state index in [1.807, 2.05) is 50.2 Å². The number of nitrogens with zero attached hydrogens (tertiary/aromatic N) is 4. The van der Waals surface area contributed by atoms with Crippen molar-refractivity contribution in [2.24, 2.45) is 0 Å². The summed E-state index contributed by atoms with van der Waals surface area (Å²) in [5, 5.41) is 15.4. The second-order valence-corrected chi connectivity index (χ2v) is 5.45. The molecule has 1 aromatic heterocycles. The molecule has 2 aromatic carbocycles. The second kappa shape index (κ2) is 6.66. The minimum absolute atomic E-state index is 0.0263. The Morgan fingerprint density at radius 3 is 2.52 bits per heavy atom. The number of aromatic nitrogens is 4. The van der Waals surface area contributed by atoms with Crippen LogP contribution in [0.4, 0.5) is 4.39 Å². The Balaban J connectivity index is 1.79. The quantitative estimate of drug-likeness (QED) is 0.786. The van der Waals surface area contributed by atoms with Crippen molar-refractivity contribution in [2.75, 3.05) is 0 Å². The van der Waals surface area contributed by atoms with E-state index in [2.05, 4.69) is 20.8 Å². The maximum absolute atomic E-state index is 13.4. The SMILES string of the molecule is C[C@H](N[C@H](C)c1cccc(F)c1)c1nnnn1-c1ccccc1. The number of benzene rings is 2. The van der Waals surface area contributed by atoms with E-state index in [0.717, 1.165) is 11.3 Å². The third-order valence-electron chi connectivity index (χ3n) is 3.73. The second-order valence-electron chi connectivity index (χ2n) is 5.45. The van der Waals surface area contributed by atoms with Crippen molar-refractivity contribution in [1.82, 2.24) is 25.5 Å². The average molecular weight is 311 g/mol. The van der Waals surface area contributed by atoms with E-state index in [9.17, 15) is 4.39 Å². The molecule has 0 fully saturated rings. The van der Waals surface area contributed by atoms with Crippen LogP contribution in [0.2, 0.25) is 0 Å². The Bertz CT molecular complexity index is 771. The number of tetrazole rings is 1. The summed E-state index contributed by atoms with van der Waals surface area (Å²) in [4.78, 5) is 0. The zero-order valence-electron chi connectivity index (χ0n) is 13.0. The molecular weight excluding hydrogens is 293 g/mol. The van der Waals surface area contributed by atoms with Crippen molar-refractivity contribution in [2.45, 2.75) is 25.9 Å². The third-order valence-corrected chi connectivity index (χ3v) is 3.73. The Hall–Kier alpha value is -2.60. The van der Waals surface area contributed by atoms with Gasteiger partial charge in [0.25, 0.3) is 0 Å². The van der Waals surface area contributed by atoms with Gasteiger partial charge in [0.05, 0.1) is 11.7 Å². The van der Waals surface area contributed by atoms with Crippen LogP contribution >= 0.6 is 0 Å². The molecule has 0 saturated heterocycles. The highest BCUT2D eigenvalue weighted by Crippen LogP contribution is 2.20. The molecule has 0 saturated carbocycles. The molecule has 0 aliphatic carbocycles. The predicted octanol–water partition coefficient (Wildman–Crippen LogP) is 3.21. The molecule has 0 radical (unpaired) electrons. The summed E-state index contributed by atoms with van der Waals surface area (Å²) in [5.41, 5.74) is 1.79. The highest BCUT2D eigenvalue weighted by atomic mass is 19.1. The zero-order valence-corrected chi connectivity index (χ0v) is 13.0. The fourth-order valence-electron chi connectivity index (χ4n) is 2.54. The summed E-state index contributed by atoms with van der Waals surface area (Å²) in [5.74, 6) is 0.470. The molecule has 1 N–H and O–H groups in total. The number of hydrogen-bond donors (Lipinski definition) is 1. The zero-order chi connectivity index (χ0) is 16.2. The summed E-state index contributed by atoms with van der Waals surface area (Å²) in [7, 11) is 0. The van der Waals surface area contributed by atoms with Crippen LogP contribution in [0.1, 0.15) is 37.3 Å². The van der Waals surface area contributed by atoms with Gasteiger partial charge in [0.15, 0.2) is 5.82 Å². The summed E-state index contributed by atoms with van der Waals surface area (Å²) >= 11 is 0. The van der Waals surface area contributed by atoms with E-state index in [1.54, 1.807) is 10.7 Å². The molecule has 0 unspecified atom stereocenters. The van der Waals surface area contributed by atoms with E-state index in [-0.39, 0.29) is 17.9 Å². The lowest BCUT2D eigenvalue weighted by atomic mass is 10.1. The van der Waals surface area contributed by atoms with E-state index in [1.165, 1.54) is 12.1 Å². The molecule has 23 heavy (non-hydrogen) atoms. The van der Waals surface area contributed by atoms with Gasteiger partial charge in [-0.3, -0.25) is 0 Å². The lowest BCUT2D eigenvalue weighted by Gasteiger charge is -2.20. The fourth-order valence-corrected chi connectivity index (χ4v) is 2.54. The smallest absolute Gasteiger partial charge is 0.173 e. The Morgan fingerprint density at radius 2 is 1.78 bits per heavy atom. The van der Waals surface area contributed by atoms with Crippen LogP contribution in [-0.4, -0.2) is 20.2 Å². The molecule has 0 bridgehead atoms. The molecule has 3 aromatic rings. The number of halogens is 1. The summed E-state index contributed by atoms with van der Waals surface area (Å²) < 4.78 is 15.1. The molecular formula is C17H18FN5. The van der Waals surface area contributed by atoms with Gasteiger partial charge >= 0.3 is 0 Å². The van der Waals surface area contributed by atoms with Crippen molar-refractivity contribution < 1.29 is 4.39 Å². The normalized spacial score (nSPS) is 13.7. The molecule has 118 valence electrons. The first-order chi connectivity index (χ1) is 11.1. The minimum atomic E-state index is -0.238. The molecule has 0 aliphatic rings. The van der Waals surface area contributed by atoms with Crippen molar-refractivity contribution >= 4 is 0 Å². The Morgan fingerprint density at radius 1 is 1.00 bits per heavy atom. The maximum Gasteiger partial charge on any atom is 0.173 e. The molecule has 2 atom stereocenters. The summed E-state index contributed by atoms with van der Waals surface area (Å²) in [6, 6.07) is 16.2. The number of nitrogens with one attached hydrogen (secondary N) is 1. The van der Waals surface area contributed by atoms with E-state index in [0.29, 0.717) is 5.82 Å². The van der Waals surface area contributed by atoms with E-state index in [4.69, 9.17) is 0 Å². The van der Waals surface area contributed by atoms with E-state index < -0.39 is 0 Å². The van der Waals surface area contributed by atoms with Gasteiger partial charge in [0.2, 0.25) is 0 Å². The fraction of sp³-hybridized carbons (Fsp3) is 0.235. The molecule has 3 rings (SSSR count). The van der Waals surface area contributed by atoms with Gasteiger partial charge in [-0.2, -0.15) is 4.68 Å². The standard InChI is InChI=1S/C17H18FN5/c1-12(14-7-6-8-15(18)11-14)19-13(2)17-20-21-22-23(17)16-9-4-3-5-10-16/h3-13,19H,1-2H3/t12-,13+/m1/s1. The lowest BCUT2D eigenvalue weighted by molar-refractivity contribution is 0.466. The van der Waals surface area contributed by atoms with Crippen molar-refractivity contribution in [3.8, 4) is 5.69 Å². The van der Waals surface area contributed by atoms with E-state index >= 15 is 0 Å². The largest absolute Gasteiger partial charge is 0.301 e. The molecule has 6 heteroatoms. The van der Waals surface area contributed by atoms with Crippen LogP contribution < -0.4 is 5.32 Å². The van der Waals surface area contributed by atoms with Crippen LogP contribution in [0.5, 0.6) is 0 Å². The van der Waals surface area contributed by atoms with Gasteiger partial charge in [-0.15, -0.1) is 5.10 Å². The molecule has 0 spiro atoms.